The molecule has 8 heteroatoms. The first-order valence-electron chi connectivity index (χ1n) is 6.26. The minimum absolute atomic E-state index is 0.185. The maximum Gasteiger partial charge on any atom is 0.313 e. The summed E-state index contributed by atoms with van der Waals surface area (Å²) < 4.78 is 6.87. The van der Waals surface area contributed by atoms with Crippen LogP contribution in [0.4, 0.5) is 5.82 Å². The highest BCUT2D eigenvalue weighted by molar-refractivity contribution is 5.76. The molecule has 0 aliphatic carbocycles. The molecule has 0 bridgehead atoms. The van der Waals surface area contributed by atoms with Crippen LogP contribution in [0.3, 0.4) is 0 Å². The second-order valence-corrected chi connectivity index (χ2v) is 5.19. The molecule has 2 N–H and O–H groups in total. The van der Waals surface area contributed by atoms with E-state index in [9.17, 15) is 9.90 Å². The van der Waals surface area contributed by atoms with Crippen molar-refractivity contribution in [3.63, 3.8) is 0 Å². The molecular formula is C12H15N5O3. The van der Waals surface area contributed by atoms with Gasteiger partial charge in [-0.15, -0.1) is 0 Å². The van der Waals surface area contributed by atoms with Gasteiger partial charge in [0.1, 0.15) is 17.6 Å². The first-order chi connectivity index (χ1) is 9.50. The Hall–Kier alpha value is -2.22. The van der Waals surface area contributed by atoms with Crippen LogP contribution in [-0.4, -0.2) is 49.9 Å². The van der Waals surface area contributed by atoms with Gasteiger partial charge < -0.3 is 15.2 Å². The molecule has 1 saturated heterocycles. The molecule has 0 radical (unpaired) electrons. The van der Waals surface area contributed by atoms with Crippen molar-refractivity contribution in [2.24, 2.45) is 5.41 Å². The second kappa shape index (κ2) is 4.41. The van der Waals surface area contributed by atoms with Gasteiger partial charge in [-0.3, -0.25) is 4.79 Å². The Labute approximate surface area is 114 Å². The normalized spacial score (nSPS) is 26.0. The first-order valence-corrected chi connectivity index (χ1v) is 6.26. The molecule has 0 saturated carbocycles. The number of carboxylic acid groups (broad SMARTS) is 1. The zero-order chi connectivity index (χ0) is 14.3. The third-order valence-electron chi connectivity index (χ3n) is 3.65. The number of anilines is 1. The van der Waals surface area contributed by atoms with Crippen LogP contribution >= 0.6 is 0 Å². The number of rotatable bonds is 3. The molecule has 3 heterocycles. The van der Waals surface area contributed by atoms with Gasteiger partial charge in [-0.05, 0) is 13.8 Å². The third-order valence-corrected chi connectivity index (χ3v) is 3.65. The standard InChI is InChI=1S/C12H15N5O3/c1-7-3-9(17-11(15-7)13-6-14-17)16-8-4-20-5-12(8,2)10(18)19/h3,6,8,16H,4-5H2,1-2H3,(H,18,19). The molecule has 8 nitrogen and oxygen atoms in total. The van der Waals surface area contributed by atoms with Crippen LogP contribution in [0.25, 0.3) is 5.78 Å². The van der Waals surface area contributed by atoms with Gasteiger partial charge in [0.15, 0.2) is 0 Å². The Morgan fingerprint density at radius 3 is 3.20 bits per heavy atom. The molecule has 2 atom stereocenters. The average molecular weight is 277 g/mol. The van der Waals surface area contributed by atoms with Crippen LogP contribution in [0, 0.1) is 12.3 Å². The highest BCUT2D eigenvalue weighted by Gasteiger charge is 2.47. The topological polar surface area (TPSA) is 102 Å². The number of ether oxygens (including phenoxy) is 1. The van der Waals surface area contributed by atoms with Crippen LogP contribution in [-0.2, 0) is 9.53 Å². The van der Waals surface area contributed by atoms with E-state index in [0.717, 1.165) is 5.69 Å². The number of nitrogens with one attached hydrogen (secondary N) is 1. The van der Waals surface area contributed by atoms with Crippen molar-refractivity contribution < 1.29 is 14.6 Å². The van der Waals surface area contributed by atoms with E-state index in [1.165, 1.54) is 6.33 Å². The Morgan fingerprint density at radius 2 is 2.45 bits per heavy atom. The lowest BCUT2D eigenvalue weighted by atomic mass is 9.85. The fraction of sp³-hybridized carbons (Fsp3) is 0.500. The summed E-state index contributed by atoms with van der Waals surface area (Å²) in [6.45, 7) is 4.04. The summed E-state index contributed by atoms with van der Waals surface area (Å²) >= 11 is 0. The van der Waals surface area contributed by atoms with Crippen LogP contribution in [0.1, 0.15) is 12.6 Å². The molecule has 2 aromatic rings. The molecular weight excluding hydrogens is 262 g/mol. The molecule has 1 aliphatic rings. The van der Waals surface area contributed by atoms with Crippen molar-refractivity contribution in [3.8, 4) is 0 Å². The summed E-state index contributed by atoms with van der Waals surface area (Å²) in [6, 6.07) is 1.47. The van der Waals surface area contributed by atoms with Crippen molar-refractivity contribution in [2.75, 3.05) is 18.5 Å². The van der Waals surface area contributed by atoms with Crippen molar-refractivity contribution in [2.45, 2.75) is 19.9 Å². The highest BCUT2D eigenvalue weighted by Crippen LogP contribution is 2.31. The van der Waals surface area contributed by atoms with Gasteiger partial charge >= 0.3 is 5.97 Å². The number of carboxylic acids is 1. The third kappa shape index (κ3) is 1.88. The highest BCUT2D eigenvalue weighted by atomic mass is 16.5. The monoisotopic (exact) mass is 277 g/mol. The molecule has 106 valence electrons. The zero-order valence-corrected chi connectivity index (χ0v) is 11.2. The van der Waals surface area contributed by atoms with Gasteiger partial charge in [0, 0.05) is 11.8 Å². The number of nitrogens with zero attached hydrogens (tertiary/aromatic N) is 4. The fourth-order valence-corrected chi connectivity index (χ4v) is 2.30. The fourth-order valence-electron chi connectivity index (χ4n) is 2.30. The summed E-state index contributed by atoms with van der Waals surface area (Å²) in [5.41, 5.74) is -0.187. The number of carbonyl (C=O) groups is 1. The molecule has 1 fully saturated rings. The molecule has 20 heavy (non-hydrogen) atoms. The quantitative estimate of drug-likeness (QED) is 0.833. The van der Waals surface area contributed by atoms with Crippen LogP contribution < -0.4 is 5.32 Å². The van der Waals surface area contributed by atoms with Gasteiger partial charge in [-0.25, -0.2) is 4.98 Å². The largest absolute Gasteiger partial charge is 0.481 e. The van der Waals surface area contributed by atoms with E-state index in [-0.39, 0.29) is 12.6 Å². The zero-order valence-electron chi connectivity index (χ0n) is 11.2. The van der Waals surface area contributed by atoms with E-state index in [2.05, 4.69) is 20.4 Å². The summed E-state index contributed by atoms with van der Waals surface area (Å²) in [4.78, 5) is 19.7. The number of aryl methyl sites for hydroxylation is 1. The van der Waals surface area contributed by atoms with E-state index in [1.54, 1.807) is 11.4 Å². The summed E-state index contributed by atoms with van der Waals surface area (Å²) in [7, 11) is 0. The molecule has 3 rings (SSSR count). The Morgan fingerprint density at radius 1 is 1.65 bits per heavy atom. The van der Waals surface area contributed by atoms with E-state index in [1.807, 2.05) is 13.0 Å². The van der Waals surface area contributed by atoms with E-state index in [4.69, 9.17) is 4.74 Å². The molecule has 0 spiro atoms. The SMILES string of the molecule is Cc1cc(NC2COCC2(C)C(=O)O)n2ncnc2n1. The predicted molar refractivity (Wildman–Crippen MR) is 69.5 cm³/mol. The lowest BCUT2D eigenvalue weighted by molar-refractivity contribution is -0.148. The molecule has 0 aromatic carbocycles. The Kier molecular flexibility index (Phi) is 2.82. The van der Waals surface area contributed by atoms with Crippen LogP contribution in [0.2, 0.25) is 0 Å². The van der Waals surface area contributed by atoms with Gasteiger partial charge in [-0.1, -0.05) is 0 Å². The second-order valence-electron chi connectivity index (χ2n) is 5.19. The first kappa shape index (κ1) is 12.8. The molecule has 0 amide bonds. The number of fused-ring (bicyclic) bond motifs is 1. The van der Waals surface area contributed by atoms with Crippen molar-refractivity contribution in [1.29, 1.82) is 0 Å². The van der Waals surface area contributed by atoms with Crippen LogP contribution in [0.15, 0.2) is 12.4 Å². The van der Waals surface area contributed by atoms with Gasteiger partial charge in [0.2, 0.25) is 0 Å². The molecule has 2 aromatic heterocycles. The molecule has 1 aliphatic heterocycles. The van der Waals surface area contributed by atoms with E-state index in [0.29, 0.717) is 18.2 Å². The maximum absolute atomic E-state index is 11.4. The number of aromatic nitrogens is 4. The molecule has 2 unspecified atom stereocenters. The van der Waals surface area contributed by atoms with Crippen LogP contribution in [0.5, 0.6) is 0 Å². The van der Waals surface area contributed by atoms with E-state index < -0.39 is 11.4 Å². The summed E-state index contributed by atoms with van der Waals surface area (Å²) in [5.74, 6) is 0.254. The van der Waals surface area contributed by atoms with Crippen molar-refractivity contribution in [1.82, 2.24) is 19.6 Å². The van der Waals surface area contributed by atoms with Gasteiger partial charge in [0.25, 0.3) is 5.78 Å². The summed E-state index contributed by atoms with van der Waals surface area (Å²) in [6.07, 6.45) is 1.41. The van der Waals surface area contributed by atoms with Gasteiger partial charge in [-0.2, -0.15) is 14.6 Å². The lowest BCUT2D eigenvalue weighted by Gasteiger charge is -2.26. The lowest BCUT2D eigenvalue weighted by Crippen LogP contribution is -2.43. The van der Waals surface area contributed by atoms with Crippen molar-refractivity contribution >= 4 is 17.6 Å². The van der Waals surface area contributed by atoms with E-state index >= 15 is 0 Å². The maximum atomic E-state index is 11.4. The number of hydrogen-bond acceptors (Lipinski definition) is 6. The smallest absolute Gasteiger partial charge is 0.313 e. The minimum Gasteiger partial charge on any atom is -0.481 e. The Balaban J connectivity index is 1.97. The average Bonchev–Trinajstić information content (AvgIpc) is 2.97. The minimum atomic E-state index is -0.968. The number of aliphatic carboxylic acids is 1. The summed E-state index contributed by atoms with van der Waals surface area (Å²) in [5, 5.41) is 16.7. The van der Waals surface area contributed by atoms with Gasteiger partial charge in [0.05, 0.1) is 19.3 Å². The predicted octanol–water partition coefficient (Wildman–Crippen LogP) is 0.334. The number of hydrogen-bond donors (Lipinski definition) is 2. The Bertz CT molecular complexity index is 670. The van der Waals surface area contributed by atoms with Crippen molar-refractivity contribution in [3.05, 3.63) is 18.1 Å².